The number of carbonyl (C=O) groups is 1. The van der Waals surface area contributed by atoms with E-state index in [9.17, 15) is 13.2 Å². The maximum Gasteiger partial charge on any atom is 0.410 e. The van der Waals surface area contributed by atoms with E-state index in [1.165, 1.54) is 4.31 Å². The molecule has 8 heteroatoms. The highest BCUT2D eigenvalue weighted by atomic mass is 79.9. The molecule has 1 atom stereocenters. The maximum absolute atomic E-state index is 12.7. The number of nitrogens with zero attached hydrogens (tertiary/aromatic N) is 2. The van der Waals surface area contributed by atoms with Crippen molar-refractivity contribution < 1.29 is 17.9 Å². The van der Waals surface area contributed by atoms with E-state index in [-0.39, 0.29) is 18.3 Å². The van der Waals surface area contributed by atoms with E-state index in [0.29, 0.717) is 13.1 Å². The monoisotopic (exact) mass is 432 g/mol. The smallest absolute Gasteiger partial charge is 0.410 e. The van der Waals surface area contributed by atoms with Crippen LogP contribution in [-0.4, -0.2) is 55.0 Å². The van der Waals surface area contributed by atoms with Gasteiger partial charge >= 0.3 is 6.09 Å². The van der Waals surface area contributed by atoms with E-state index in [2.05, 4.69) is 15.9 Å². The summed E-state index contributed by atoms with van der Waals surface area (Å²) in [5.74, 6) is -0.0446. The Labute approximate surface area is 158 Å². The number of amides is 1. The molecule has 0 bridgehead atoms. The first-order valence-electron chi connectivity index (χ1n) is 8.20. The quantitative estimate of drug-likeness (QED) is 0.734. The highest BCUT2D eigenvalue weighted by molar-refractivity contribution is 9.10. The summed E-state index contributed by atoms with van der Waals surface area (Å²) in [6, 6.07) is 6.96. The first-order chi connectivity index (χ1) is 11.5. The maximum atomic E-state index is 12.7. The van der Waals surface area contributed by atoms with Gasteiger partial charge in [-0.15, -0.1) is 0 Å². The van der Waals surface area contributed by atoms with Crippen LogP contribution in [0.4, 0.5) is 4.79 Å². The number of hydrogen-bond donors (Lipinski definition) is 0. The molecule has 0 spiro atoms. The number of ether oxygens (including phenoxy) is 1. The van der Waals surface area contributed by atoms with Crippen molar-refractivity contribution in [1.82, 2.24) is 9.21 Å². The average molecular weight is 433 g/mol. The van der Waals surface area contributed by atoms with E-state index in [0.717, 1.165) is 10.0 Å². The van der Waals surface area contributed by atoms with Crippen molar-refractivity contribution in [2.75, 3.05) is 19.6 Å². The first kappa shape index (κ1) is 20.2. The summed E-state index contributed by atoms with van der Waals surface area (Å²) < 4.78 is 33.2. The lowest BCUT2D eigenvalue weighted by molar-refractivity contribution is 0.0143. The lowest BCUT2D eigenvalue weighted by Crippen LogP contribution is -2.56. The minimum absolute atomic E-state index is 0.0446. The third-order valence-electron chi connectivity index (χ3n) is 3.84. The van der Waals surface area contributed by atoms with Gasteiger partial charge in [0.15, 0.2) is 0 Å². The van der Waals surface area contributed by atoms with Crippen LogP contribution in [0.3, 0.4) is 0 Å². The van der Waals surface area contributed by atoms with Gasteiger partial charge in [-0.1, -0.05) is 28.1 Å². The SMILES string of the molecule is CC1CN(C(=O)OC(C)(C)C)CCN1S(=O)(=O)Cc1ccc(Br)cc1. The van der Waals surface area contributed by atoms with E-state index >= 15 is 0 Å². The molecular weight excluding hydrogens is 408 g/mol. The molecule has 2 rings (SSSR count). The Morgan fingerprint density at radius 2 is 1.84 bits per heavy atom. The van der Waals surface area contributed by atoms with Crippen molar-refractivity contribution >= 4 is 32.0 Å². The average Bonchev–Trinajstić information content (AvgIpc) is 2.47. The van der Waals surface area contributed by atoms with Crippen LogP contribution in [0, 0.1) is 0 Å². The molecule has 1 aromatic carbocycles. The molecule has 1 aliphatic rings. The number of halogens is 1. The van der Waals surface area contributed by atoms with Gasteiger partial charge < -0.3 is 9.64 Å². The zero-order valence-corrected chi connectivity index (χ0v) is 17.4. The van der Waals surface area contributed by atoms with E-state index in [1.54, 1.807) is 17.0 Å². The minimum atomic E-state index is -3.44. The number of rotatable bonds is 3. The largest absolute Gasteiger partial charge is 0.444 e. The van der Waals surface area contributed by atoms with Crippen LogP contribution in [0.25, 0.3) is 0 Å². The molecule has 6 nitrogen and oxygen atoms in total. The van der Waals surface area contributed by atoms with Crippen molar-refractivity contribution in [3.05, 3.63) is 34.3 Å². The fourth-order valence-corrected chi connectivity index (χ4v) is 4.74. The van der Waals surface area contributed by atoms with Gasteiger partial charge in [-0.05, 0) is 45.4 Å². The molecule has 1 amide bonds. The number of piperazine rings is 1. The van der Waals surface area contributed by atoms with Crippen LogP contribution in [0.15, 0.2) is 28.7 Å². The van der Waals surface area contributed by atoms with Crippen LogP contribution >= 0.6 is 15.9 Å². The van der Waals surface area contributed by atoms with Gasteiger partial charge in [0.1, 0.15) is 5.60 Å². The van der Waals surface area contributed by atoms with Gasteiger partial charge in [-0.25, -0.2) is 13.2 Å². The molecule has 140 valence electrons. The zero-order valence-electron chi connectivity index (χ0n) is 15.0. The van der Waals surface area contributed by atoms with Gasteiger partial charge in [0.25, 0.3) is 0 Å². The van der Waals surface area contributed by atoms with Crippen LogP contribution in [0.2, 0.25) is 0 Å². The third-order valence-corrected chi connectivity index (χ3v) is 6.32. The normalized spacial score (nSPS) is 19.7. The van der Waals surface area contributed by atoms with Crippen molar-refractivity contribution in [1.29, 1.82) is 0 Å². The standard InChI is InChI=1S/C17H25BrN2O4S/c1-13-11-19(16(21)24-17(2,3)4)9-10-20(13)25(22,23)12-14-5-7-15(18)8-6-14/h5-8,13H,9-12H2,1-4H3. The van der Waals surface area contributed by atoms with Crippen molar-refractivity contribution in [2.24, 2.45) is 0 Å². The molecule has 1 aliphatic heterocycles. The van der Waals surface area contributed by atoms with Crippen molar-refractivity contribution in [3.63, 3.8) is 0 Å². The molecule has 1 aromatic rings. The Hall–Kier alpha value is -1.12. The van der Waals surface area contributed by atoms with E-state index in [4.69, 9.17) is 4.74 Å². The van der Waals surface area contributed by atoms with Gasteiger partial charge in [0.05, 0.1) is 5.75 Å². The molecule has 25 heavy (non-hydrogen) atoms. The second-order valence-electron chi connectivity index (χ2n) is 7.27. The van der Waals surface area contributed by atoms with Crippen molar-refractivity contribution in [3.8, 4) is 0 Å². The summed E-state index contributed by atoms with van der Waals surface area (Å²) in [5.41, 5.74) is 0.176. The van der Waals surface area contributed by atoms with Crippen molar-refractivity contribution in [2.45, 2.75) is 45.1 Å². The van der Waals surface area contributed by atoms with Gasteiger partial charge in [-0.2, -0.15) is 4.31 Å². The van der Waals surface area contributed by atoms with E-state index in [1.807, 2.05) is 39.8 Å². The van der Waals surface area contributed by atoms with Crippen LogP contribution < -0.4 is 0 Å². The molecule has 1 saturated heterocycles. The second-order valence-corrected chi connectivity index (χ2v) is 10.1. The molecule has 0 radical (unpaired) electrons. The molecule has 0 aliphatic carbocycles. The molecule has 1 fully saturated rings. The molecule has 1 heterocycles. The second kappa shape index (κ2) is 7.63. The summed E-state index contributed by atoms with van der Waals surface area (Å²) in [4.78, 5) is 13.7. The summed E-state index contributed by atoms with van der Waals surface area (Å²) in [5, 5.41) is 0. The number of carbonyl (C=O) groups excluding carboxylic acids is 1. The Balaban J connectivity index is 2.02. The Morgan fingerprint density at radius 3 is 2.36 bits per heavy atom. The van der Waals surface area contributed by atoms with Crippen LogP contribution in [0.5, 0.6) is 0 Å². The predicted octanol–water partition coefficient (Wildman–Crippen LogP) is 3.22. The Morgan fingerprint density at radius 1 is 1.24 bits per heavy atom. The number of benzene rings is 1. The summed E-state index contributed by atoms with van der Waals surface area (Å²) in [6.45, 7) is 8.19. The van der Waals surface area contributed by atoms with Gasteiger partial charge in [-0.3, -0.25) is 0 Å². The first-order valence-corrected chi connectivity index (χ1v) is 10.6. The third kappa shape index (κ3) is 5.69. The highest BCUT2D eigenvalue weighted by Gasteiger charge is 2.35. The Bertz CT molecular complexity index is 713. The zero-order chi connectivity index (χ0) is 18.8. The fraction of sp³-hybridized carbons (Fsp3) is 0.588. The van der Waals surface area contributed by atoms with E-state index < -0.39 is 21.7 Å². The Kier molecular flexibility index (Phi) is 6.17. The van der Waals surface area contributed by atoms with Crippen LogP contribution in [0.1, 0.15) is 33.3 Å². The number of hydrogen-bond acceptors (Lipinski definition) is 4. The summed E-state index contributed by atoms with van der Waals surface area (Å²) >= 11 is 3.34. The highest BCUT2D eigenvalue weighted by Crippen LogP contribution is 2.21. The topological polar surface area (TPSA) is 66.9 Å². The fourth-order valence-electron chi connectivity index (χ4n) is 2.72. The summed E-state index contributed by atoms with van der Waals surface area (Å²) in [6.07, 6.45) is -0.399. The lowest BCUT2D eigenvalue weighted by atomic mass is 10.2. The van der Waals surface area contributed by atoms with Gasteiger partial charge in [0, 0.05) is 30.1 Å². The molecular formula is C17H25BrN2O4S. The van der Waals surface area contributed by atoms with Crippen LogP contribution in [-0.2, 0) is 20.5 Å². The lowest BCUT2D eigenvalue weighted by Gasteiger charge is -2.39. The minimum Gasteiger partial charge on any atom is -0.444 e. The number of sulfonamides is 1. The molecule has 0 N–H and O–H groups in total. The molecule has 1 unspecified atom stereocenters. The summed E-state index contributed by atoms with van der Waals surface area (Å²) in [7, 11) is -3.44. The predicted molar refractivity (Wildman–Crippen MR) is 101 cm³/mol. The molecule has 0 saturated carbocycles. The van der Waals surface area contributed by atoms with Gasteiger partial charge in [0.2, 0.25) is 10.0 Å². The molecule has 0 aromatic heterocycles.